The quantitative estimate of drug-likeness (QED) is 0.780. The lowest BCUT2D eigenvalue weighted by Gasteiger charge is -2.06. The van der Waals surface area contributed by atoms with Crippen molar-refractivity contribution in [2.45, 2.75) is 20.4 Å². The number of pyridine rings is 1. The van der Waals surface area contributed by atoms with E-state index in [9.17, 15) is 9.59 Å². The van der Waals surface area contributed by atoms with Crippen LogP contribution in [-0.4, -0.2) is 25.3 Å². The molecule has 0 bridgehead atoms. The van der Waals surface area contributed by atoms with Crippen LogP contribution in [0.5, 0.6) is 0 Å². The standard InChI is InChI=1S/C16H15N5O2/c1-10-7-11(2)20-13(19-10)9-18-15(22)12-8-17-14-5-3-4-6-21(14)16(12)23/h3-8H,9H2,1-2H3,(H,18,22). The molecule has 0 fully saturated rings. The Morgan fingerprint density at radius 3 is 2.70 bits per heavy atom. The van der Waals surface area contributed by atoms with Gasteiger partial charge in [-0.25, -0.2) is 15.0 Å². The maximum atomic E-state index is 12.3. The number of rotatable bonds is 3. The van der Waals surface area contributed by atoms with E-state index in [1.54, 1.807) is 24.4 Å². The predicted molar refractivity (Wildman–Crippen MR) is 84.1 cm³/mol. The van der Waals surface area contributed by atoms with Crippen LogP contribution in [0.4, 0.5) is 0 Å². The first-order valence-electron chi connectivity index (χ1n) is 7.10. The second-order valence-corrected chi connectivity index (χ2v) is 5.16. The lowest BCUT2D eigenvalue weighted by atomic mass is 10.3. The monoisotopic (exact) mass is 309 g/mol. The van der Waals surface area contributed by atoms with Gasteiger partial charge >= 0.3 is 0 Å². The zero-order valence-corrected chi connectivity index (χ0v) is 12.8. The molecule has 0 aromatic carbocycles. The van der Waals surface area contributed by atoms with E-state index in [-0.39, 0.29) is 12.1 Å². The molecule has 0 radical (unpaired) electrons. The van der Waals surface area contributed by atoms with Crippen molar-refractivity contribution in [3.05, 3.63) is 69.8 Å². The normalized spacial score (nSPS) is 10.7. The number of aromatic nitrogens is 4. The zero-order chi connectivity index (χ0) is 16.4. The summed E-state index contributed by atoms with van der Waals surface area (Å²) in [5.41, 5.74) is 1.72. The van der Waals surface area contributed by atoms with Crippen LogP contribution in [0.1, 0.15) is 27.6 Å². The van der Waals surface area contributed by atoms with Crippen LogP contribution >= 0.6 is 0 Å². The zero-order valence-electron chi connectivity index (χ0n) is 12.8. The van der Waals surface area contributed by atoms with Crippen molar-refractivity contribution in [1.29, 1.82) is 0 Å². The number of hydrogen-bond donors (Lipinski definition) is 1. The third-order valence-corrected chi connectivity index (χ3v) is 3.29. The molecule has 0 aliphatic rings. The summed E-state index contributed by atoms with van der Waals surface area (Å²) in [4.78, 5) is 37.2. The summed E-state index contributed by atoms with van der Waals surface area (Å²) < 4.78 is 1.34. The molecule has 7 heteroatoms. The summed E-state index contributed by atoms with van der Waals surface area (Å²) >= 11 is 0. The van der Waals surface area contributed by atoms with Crippen molar-refractivity contribution in [1.82, 2.24) is 24.7 Å². The van der Waals surface area contributed by atoms with Crippen LogP contribution in [0.2, 0.25) is 0 Å². The van der Waals surface area contributed by atoms with E-state index in [1.165, 1.54) is 10.6 Å². The van der Waals surface area contributed by atoms with Crippen LogP contribution in [0, 0.1) is 13.8 Å². The molecule has 1 amide bonds. The van der Waals surface area contributed by atoms with E-state index in [0.29, 0.717) is 11.5 Å². The summed E-state index contributed by atoms with van der Waals surface area (Å²) in [5.74, 6) is 0.00760. The Kier molecular flexibility index (Phi) is 3.84. The molecule has 0 unspecified atom stereocenters. The van der Waals surface area contributed by atoms with Crippen molar-refractivity contribution in [2.24, 2.45) is 0 Å². The number of amides is 1. The lowest BCUT2D eigenvalue weighted by molar-refractivity contribution is 0.0947. The molecular weight excluding hydrogens is 294 g/mol. The first kappa shape index (κ1) is 14.8. The molecule has 0 atom stereocenters. The molecule has 23 heavy (non-hydrogen) atoms. The summed E-state index contributed by atoms with van der Waals surface area (Å²) in [6, 6.07) is 7.04. The Morgan fingerprint density at radius 2 is 1.96 bits per heavy atom. The number of carbonyl (C=O) groups is 1. The van der Waals surface area contributed by atoms with Gasteiger partial charge in [0.25, 0.3) is 11.5 Å². The van der Waals surface area contributed by atoms with Crippen LogP contribution in [-0.2, 0) is 6.54 Å². The highest BCUT2D eigenvalue weighted by Gasteiger charge is 2.13. The highest BCUT2D eigenvalue weighted by molar-refractivity contribution is 5.93. The molecule has 0 saturated carbocycles. The van der Waals surface area contributed by atoms with Gasteiger partial charge in [0, 0.05) is 23.8 Å². The van der Waals surface area contributed by atoms with E-state index < -0.39 is 11.5 Å². The van der Waals surface area contributed by atoms with Crippen LogP contribution in [0.25, 0.3) is 5.65 Å². The fraction of sp³-hybridized carbons (Fsp3) is 0.188. The molecule has 0 saturated heterocycles. The predicted octanol–water partition coefficient (Wildman–Crippen LogP) is 1.03. The number of fused-ring (bicyclic) bond motifs is 1. The highest BCUT2D eigenvalue weighted by Crippen LogP contribution is 2.00. The summed E-state index contributed by atoms with van der Waals surface area (Å²) in [7, 11) is 0. The van der Waals surface area contributed by atoms with Crippen molar-refractivity contribution in [3.63, 3.8) is 0 Å². The van der Waals surface area contributed by atoms with Gasteiger partial charge in [0.15, 0.2) is 0 Å². The SMILES string of the molecule is Cc1cc(C)nc(CNC(=O)c2cnc3ccccn3c2=O)n1. The van der Waals surface area contributed by atoms with Crippen molar-refractivity contribution in [2.75, 3.05) is 0 Å². The van der Waals surface area contributed by atoms with Gasteiger partial charge in [-0.2, -0.15) is 0 Å². The minimum absolute atomic E-state index is 0.0157. The fourth-order valence-electron chi connectivity index (χ4n) is 2.32. The number of nitrogens with zero attached hydrogens (tertiary/aromatic N) is 4. The van der Waals surface area contributed by atoms with E-state index in [0.717, 1.165) is 11.4 Å². The summed E-state index contributed by atoms with van der Waals surface area (Å²) in [5, 5.41) is 2.66. The van der Waals surface area contributed by atoms with E-state index in [2.05, 4.69) is 20.3 Å². The van der Waals surface area contributed by atoms with Gasteiger partial charge in [-0.1, -0.05) is 6.07 Å². The van der Waals surface area contributed by atoms with Gasteiger partial charge in [0.1, 0.15) is 17.0 Å². The summed E-state index contributed by atoms with van der Waals surface area (Å²) in [6.45, 7) is 3.87. The van der Waals surface area contributed by atoms with Gasteiger partial charge < -0.3 is 5.32 Å². The number of nitrogens with one attached hydrogen (secondary N) is 1. The molecule has 1 N–H and O–H groups in total. The maximum Gasteiger partial charge on any atom is 0.270 e. The second kappa shape index (κ2) is 5.96. The minimum atomic E-state index is -0.497. The van der Waals surface area contributed by atoms with E-state index in [4.69, 9.17) is 0 Å². The van der Waals surface area contributed by atoms with Gasteiger partial charge in [-0.05, 0) is 32.0 Å². The Balaban J connectivity index is 1.83. The maximum absolute atomic E-state index is 12.3. The van der Waals surface area contributed by atoms with Crippen molar-refractivity contribution in [3.8, 4) is 0 Å². The van der Waals surface area contributed by atoms with Gasteiger partial charge in [-0.15, -0.1) is 0 Å². The Morgan fingerprint density at radius 1 is 1.22 bits per heavy atom. The molecule has 7 nitrogen and oxygen atoms in total. The van der Waals surface area contributed by atoms with Crippen LogP contribution < -0.4 is 10.9 Å². The molecule has 0 aliphatic carbocycles. The molecular formula is C16H15N5O2. The number of hydrogen-bond acceptors (Lipinski definition) is 5. The first-order chi connectivity index (χ1) is 11.0. The molecule has 3 heterocycles. The molecule has 116 valence electrons. The van der Waals surface area contributed by atoms with Crippen LogP contribution in [0.15, 0.2) is 41.5 Å². The third kappa shape index (κ3) is 3.08. The molecule has 0 aliphatic heterocycles. The Bertz CT molecular complexity index is 928. The lowest BCUT2D eigenvalue weighted by Crippen LogP contribution is -2.31. The highest BCUT2D eigenvalue weighted by atomic mass is 16.2. The van der Waals surface area contributed by atoms with E-state index >= 15 is 0 Å². The fourth-order valence-corrected chi connectivity index (χ4v) is 2.32. The topological polar surface area (TPSA) is 89.3 Å². The molecule has 3 rings (SSSR count). The Labute approximate surface area is 132 Å². The van der Waals surface area contributed by atoms with Crippen molar-refractivity contribution < 1.29 is 4.79 Å². The average Bonchev–Trinajstić information content (AvgIpc) is 2.52. The number of carbonyl (C=O) groups excluding carboxylic acids is 1. The second-order valence-electron chi connectivity index (χ2n) is 5.16. The largest absolute Gasteiger partial charge is 0.345 e. The molecule has 3 aromatic rings. The Hall–Kier alpha value is -3.09. The third-order valence-electron chi connectivity index (χ3n) is 3.29. The van der Waals surface area contributed by atoms with Crippen LogP contribution in [0.3, 0.4) is 0 Å². The molecule has 3 aromatic heterocycles. The smallest absolute Gasteiger partial charge is 0.270 e. The van der Waals surface area contributed by atoms with Gasteiger partial charge in [0.2, 0.25) is 0 Å². The minimum Gasteiger partial charge on any atom is -0.345 e. The van der Waals surface area contributed by atoms with Gasteiger partial charge in [-0.3, -0.25) is 14.0 Å². The average molecular weight is 309 g/mol. The first-order valence-corrected chi connectivity index (χ1v) is 7.10. The van der Waals surface area contributed by atoms with Crippen molar-refractivity contribution >= 4 is 11.6 Å². The summed E-state index contributed by atoms with van der Waals surface area (Å²) in [6.07, 6.45) is 2.86. The van der Waals surface area contributed by atoms with Gasteiger partial charge in [0.05, 0.1) is 6.54 Å². The molecule has 0 spiro atoms. The number of aryl methyl sites for hydroxylation is 2. The van der Waals surface area contributed by atoms with E-state index in [1.807, 2.05) is 19.9 Å².